The van der Waals surface area contributed by atoms with Gasteiger partial charge in [0.05, 0.1) is 5.03 Å². The van der Waals surface area contributed by atoms with E-state index in [0.29, 0.717) is 35.4 Å². The van der Waals surface area contributed by atoms with Crippen LogP contribution in [-0.4, -0.2) is 34.6 Å². The van der Waals surface area contributed by atoms with Crippen LogP contribution in [0, 0.1) is 5.82 Å². The summed E-state index contributed by atoms with van der Waals surface area (Å²) in [4.78, 5) is 11.5. The molecule has 0 atom stereocenters. The molecule has 4 nitrogen and oxygen atoms in total. The number of halogens is 2. The molecule has 0 spiro atoms. The van der Waals surface area contributed by atoms with Gasteiger partial charge < -0.3 is 4.74 Å². The molecule has 136 valence electrons. The van der Waals surface area contributed by atoms with Gasteiger partial charge in [-0.1, -0.05) is 25.4 Å². The summed E-state index contributed by atoms with van der Waals surface area (Å²) in [5.74, 6) is 1.57. The van der Waals surface area contributed by atoms with E-state index in [4.69, 9.17) is 21.3 Å². The molecule has 0 bridgehead atoms. The maximum atomic E-state index is 13.5. The van der Waals surface area contributed by atoms with Crippen LogP contribution in [0.25, 0.3) is 5.03 Å². The number of ether oxygens (including phenoxy) is 1. The average Bonchev–Trinajstić information content (AvgIpc) is 2.64. The Morgan fingerprint density at radius 3 is 3.00 bits per heavy atom. The Labute approximate surface area is 157 Å². The Balaban J connectivity index is 1.53. The van der Waals surface area contributed by atoms with Gasteiger partial charge >= 0.3 is 0 Å². The first-order valence-corrected chi connectivity index (χ1v) is 9.26. The van der Waals surface area contributed by atoms with Gasteiger partial charge in [-0.05, 0) is 18.2 Å². The predicted octanol–water partition coefficient (Wildman–Crippen LogP) is 4.14. The SMILES string of the molecule is CC(C)c1ncc2c(n1)CCN(CC1=C(Cl)c3cc(F)ccc3OC1)C2. The number of rotatable bonds is 3. The summed E-state index contributed by atoms with van der Waals surface area (Å²) < 4.78 is 19.3. The van der Waals surface area contributed by atoms with Crippen molar-refractivity contribution < 1.29 is 9.13 Å². The molecule has 2 aliphatic heterocycles. The lowest BCUT2D eigenvalue weighted by molar-refractivity contribution is 0.254. The standard InChI is InChI=1S/C20H21ClFN3O/c1-12(2)20-23-8-13-9-25(6-5-17(13)24-20)10-14-11-26-18-4-3-15(22)7-16(18)19(14)21/h3-4,7-8,12H,5-6,9-11H2,1-2H3. The van der Waals surface area contributed by atoms with Crippen LogP contribution in [0.2, 0.25) is 0 Å². The van der Waals surface area contributed by atoms with E-state index in [9.17, 15) is 4.39 Å². The summed E-state index contributed by atoms with van der Waals surface area (Å²) in [6, 6.07) is 4.45. The van der Waals surface area contributed by atoms with E-state index in [1.807, 2.05) is 6.20 Å². The van der Waals surface area contributed by atoms with Crippen molar-refractivity contribution in [1.82, 2.24) is 14.9 Å². The fourth-order valence-corrected chi connectivity index (χ4v) is 3.67. The molecular formula is C20H21ClFN3O. The number of nitrogens with zero attached hydrogens (tertiary/aromatic N) is 3. The maximum absolute atomic E-state index is 13.5. The van der Waals surface area contributed by atoms with Crippen LogP contribution < -0.4 is 4.74 Å². The summed E-state index contributed by atoms with van der Waals surface area (Å²) in [5, 5.41) is 0.600. The van der Waals surface area contributed by atoms with E-state index in [1.54, 1.807) is 6.07 Å². The minimum atomic E-state index is -0.309. The third-order valence-corrected chi connectivity index (χ3v) is 5.32. The van der Waals surface area contributed by atoms with Crippen LogP contribution in [-0.2, 0) is 13.0 Å². The molecule has 0 saturated carbocycles. The molecule has 0 unspecified atom stereocenters. The fraction of sp³-hybridized carbons (Fsp3) is 0.400. The molecule has 26 heavy (non-hydrogen) atoms. The summed E-state index contributed by atoms with van der Waals surface area (Å²) in [7, 11) is 0. The van der Waals surface area contributed by atoms with Crippen molar-refractivity contribution in [3.8, 4) is 5.75 Å². The quantitative estimate of drug-likeness (QED) is 0.810. The van der Waals surface area contributed by atoms with Crippen molar-refractivity contribution in [3.05, 3.63) is 58.4 Å². The number of hydrogen-bond acceptors (Lipinski definition) is 4. The zero-order valence-electron chi connectivity index (χ0n) is 14.9. The Morgan fingerprint density at radius 1 is 1.35 bits per heavy atom. The maximum Gasteiger partial charge on any atom is 0.131 e. The lowest BCUT2D eigenvalue weighted by Crippen LogP contribution is -2.34. The Kier molecular flexibility index (Phi) is 4.67. The molecule has 2 aromatic rings. The molecule has 4 rings (SSSR count). The van der Waals surface area contributed by atoms with Crippen LogP contribution in [0.15, 0.2) is 30.0 Å². The van der Waals surface area contributed by atoms with Crippen LogP contribution in [0.4, 0.5) is 4.39 Å². The first-order valence-electron chi connectivity index (χ1n) is 8.88. The van der Waals surface area contributed by atoms with Crippen molar-refractivity contribution in [1.29, 1.82) is 0 Å². The van der Waals surface area contributed by atoms with Crippen molar-refractivity contribution in [2.45, 2.75) is 32.7 Å². The highest BCUT2D eigenvalue weighted by Crippen LogP contribution is 2.36. The fourth-order valence-electron chi connectivity index (χ4n) is 3.41. The zero-order valence-corrected chi connectivity index (χ0v) is 15.7. The largest absolute Gasteiger partial charge is 0.488 e. The number of hydrogen-bond donors (Lipinski definition) is 0. The van der Waals surface area contributed by atoms with Gasteiger partial charge in [0.15, 0.2) is 0 Å². The van der Waals surface area contributed by atoms with Crippen LogP contribution in [0.1, 0.15) is 42.4 Å². The second-order valence-electron chi connectivity index (χ2n) is 7.16. The predicted molar refractivity (Wildman–Crippen MR) is 99.8 cm³/mol. The topological polar surface area (TPSA) is 38.2 Å². The van der Waals surface area contributed by atoms with Crippen molar-refractivity contribution >= 4 is 16.6 Å². The van der Waals surface area contributed by atoms with E-state index in [2.05, 4.69) is 23.7 Å². The van der Waals surface area contributed by atoms with Gasteiger partial charge in [0, 0.05) is 60.6 Å². The Bertz CT molecular complexity index is 881. The summed E-state index contributed by atoms with van der Waals surface area (Å²) in [5.41, 5.74) is 3.93. The van der Waals surface area contributed by atoms with Crippen molar-refractivity contribution in [3.63, 3.8) is 0 Å². The smallest absolute Gasteiger partial charge is 0.131 e. The molecular weight excluding hydrogens is 353 g/mol. The van der Waals surface area contributed by atoms with Crippen molar-refractivity contribution in [2.75, 3.05) is 19.7 Å². The van der Waals surface area contributed by atoms with Gasteiger partial charge in [0.1, 0.15) is 24.0 Å². The van der Waals surface area contributed by atoms with Gasteiger partial charge in [-0.15, -0.1) is 0 Å². The van der Waals surface area contributed by atoms with E-state index >= 15 is 0 Å². The van der Waals surface area contributed by atoms with E-state index < -0.39 is 0 Å². The van der Waals surface area contributed by atoms with Gasteiger partial charge in [-0.25, -0.2) is 14.4 Å². The molecule has 0 saturated heterocycles. The molecule has 0 N–H and O–H groups in total. The molecule has 0 radical (unpaired) electrons. The molecule has 6 heteroatoms. The minimum Gasteiger partial charge on any atom is -0.488 e. The highest BCUT2D eigenvalue weighted by molar-refractivity contribution is 6.49. The third kappa shape index (κ3) is 3.33. The second kappa shape index (κ2) is 6.97. The van der Waals surface area contributed by atoms with E-state index in [0.717, 1.165) is 36.6 Å². The first kappa shape index (κ1) is 17.4. The second-order valence-corrected chi connectivity index (χ2v) is 7.54. The molecule has 1 aromatic carbocycles. The zero-order chi connectivity index (χ0) is 18.3. The molecule has 0 amide bonds. The summed E-state index contributed by atoms with van der Waals surface area (Å²) in [6.45, 7) is 7.04. The van der Waals surface area contributed by atoms with Crippen LogP contribution in [0.5, 0.6) is 5.75 Å². The van der Waals surface area contributed by atoms with Crippen LogP contribution in [0.3, 0.4) is 0 Å². The molecule has 2 aliphatic rings. The minimum absolute atomic E-state index is 0.309. The van der Waals surface area contributed by atoms with Gasteiger partial charge in [-0.3, -0.25) is 4.90 Å². The van der Waals surface area contributed by atoms with E-state index in [-0.39, 0.29) is 5.82 Å². The molecule has 0 aliphatic carbocycles. The third-order valence-electron chi connectivity index (χ3n) is 4.85. The van der Waals surface area contributed by atoms with Crippen molar-refractivity contribution in [2.24, 2.45) is 0 Å². The van der Waals surface area contributed by atoms with Crippen LogP contribution >= 0.6 is 11.6 Å². The monoisotopic (exact) mass is 373 g/mol. The van der Waals surface area contributed by atoms with E-state index in [1.165, 1.54) is 17.7 Å². The van der Waals surface area contributed by atoms with Gasteiger partial charge in [0.2, 0.25) is 0 Å². The van der Waals surface area contributed by atoms with Gasteiger partial charge in [-0.2, -0.15) is 0 Å². The average molecular weight is 374 g/mol. The highest BCUT2D eigenvalue weighted by atomic mass is 35.5. The molecule has 0 fully saturated rings. The first-order chi connectivity index (χ1) is 12.5. The number of benzene rings is 1. The number of aromatic nitrogens is 2. The molecule has 1 aromatic heterocycles. The number of fused-ring (bicyclic) bond motifs is 2. The Morgan fingerprint density at radius 2 is 2.19 bits per heavy atom. The lowest BCUT2D eigenvalue weighted by atomic mass is 10.0. The van der Waals surface area contributed by atoms with Gasteiger partial charge in [0.25, 0.3) is 0 Å². The molecule has 3 heterocycles. The summed E-state index contributed by atoms with van der Waals surface area (Å²) in [6.07, 6.45) is 2.84. The highest BCUT2D eigenvalue weighted by Gasteiger charge is 2.24. The Hall–Kier alpha value is -1.98. The summed E-state index contributed by atoms with van der Waals surface area (Å²) >= 11 is 6.54. The normalized spacial score (nSPS) is 17.1. The lowest BCUT2D eigenvalue weighted by Gasteiger charge is -2.30.